The van der Waals surface area contributed by atoms with Crippen molar-refractivity contribution >= 4 is 12.4 Å². The Morgan fingerprint density at radius 3 is 1.71 bits per heavy atom. The molecule has 7 atom stereocenters. The molecule has 7 unspecified atom stereocenters. The lowest BCUT2D eigenvalue weighted by Gasteiger charge is -2.31. The number of carboxylic acid groups (broad SMARTS) is 1. The van der Waals surface area contributed by atoms with Crippen molar-refractivity contribution < 1.29 is 55.2 Å². The molecule has 0 radical (unpaired) electrons. The fraction of sp³-hybridized carbons (Fsp3) is 0.800. The molecule has 124 valence electrons. The fourth-order valence-corrected chi connectivity index (χ4v) is 1.43. The minimum absolute atomic E-state index is 0.153. The lowest BCUT2D eigenvalue weighted by atomic mass is 9.95. The second-order valence-electron chi connectivity index (χ2n) is 4.19. The van der Waals surface area contributed by atoms with E-state index in [2.05, 4.69) is 4.74 Å². The number of ether oxygens (including phenoxy) is 1. The Kier molecular flexibility index (Phi) is 8.27. The number of carbonyl (C=O) groups is 2. The van der Waals surface area contributed by atoms with Gasteiger partial charge < -0.3 is 45.6 Å². The van der Waals surface area contributed by atoms with E-state index in [0.717, 1.165) is 0 Å². The van der Waals surface area contributed by atoms with Gasteiger partial charge in [-0.3, -0.25) is 4.79 Å². The molecule has 0 fully saturated rings. The molecular weight excluding hydrogens is 296 g/mol. The van der Waals surface area contributed by atoms with Crippen LogP contribution in [-0.4, -0.2) is 103 Å². The number of carbonyl (C=O) groups excluding carboxylic acids is 1. The quantitative estimate of drug-likeness (QED) is 0.150. The van der Waals surface area contributed by atoms with E-state index in [1.165, 1.54) is 0 Å². The summed E-state index contributed by atoms with van der Waals surface area (Å²) in [6, 6.07) is 0. The Balaban J connectivity index is 4.84. The summed E-state index contributed by atoms with van der Waals surface area (Å²) in [5, 5.41) is 73.2. The molecular formula is C10H18O11. The molecule has 0 aliphatic heterocycles. The third-order valence-electron chi connectivity index (χ3n) is 2.69. The average molecular weight is 314 g/mol. The van der Waals surface area contributed by atoms with Gasteiger partial charge in [0.2, 0.25) is 0 Å². The number of hydrogen-bond acceptors (Lipinski definition) is 10. The molecule has 8 N–H and O–H groups in total. The van der Waals surface area contributed by atoms with E-state index in [-0.39, 0.29) is 6.29 Å². The Morgan fingerprint density at radius 2 is 1.33 bits per heavy atom. The zero-order chi connectivity index (χ0) is 16.7. The van der Waals surface area contributed by atoms with Crippen LogP contribution in [0.3, 0.4) is 0 Å². The Labute approximate surface area is 118 Å². The molecule has 0 amide bonds. The molecule has 0 rings (SSSR count). The zero-order valence-corrected chi connectivity index (χ0v) is 10.6. The monoisotopic (exact) mass is 314 g/mol. The second-order valence-corrected chi connectivity index (χ2v) is 4.19. The van der Waals surface area contributed by atoms with E-state index >= 15 is 0 Å². The van der Waals surface area contributed by atoms with Gasteiger partial charge in [0.25, 0.3) is 0 Å². The number of aliphatic hydroxyl groups is 7. The standard InChI is InChI=1S/C10H18O11/c11-1-3(13)5(14)7(16)9(18)8(17)6(15)4(2-12)21-10(19)20/h2-9,11,13-18H,1H2,(H,19,20). The Bertz CT molecular complexity index is 335. The van der Waals surface area contributed by atoms with Gasteiger partial charge in [-0.15, -0.1) is 0 Å². The first-order valence-electron chi connectivity index (χ1n) is 5.71. The Hall–Kier alpha value is -1.34. The maximum absolute atomic E-state index is 10.5. The van der Waals surface area contributed by atoms with Crippen LogP contribution in [0.5, 0.6) is 0 Å². The van der Waals surface area contributed by atoms with Crippen LogP contribution in [0.2, 0.25) is 0 Å². The Morgan fingerprint density at radius 1 is 0.905 bits per heavy atom. The van der Waals surface area contributed by atoms with Crippen molar-refractivity contribution in [3.8, 4) is 0 Å². The highest BCUT2D eigenvalue weighted by molar-refractivity contribution is 5.65. The summed E-state index contributed by atoms with van der Waals surface area (Å²) in [4.78, 5) is 20.8. The first-order valence-corrected chi connectivity index (χ1v) is 5.71. The third-order valence-corrected chi connectivity index (χ3v) is 2.69. The van der Waals surface area contributed by atoms with E-state index in [9.17, 15) is 35.1 Å². The van der Waals surface area contributed by atoms with Crippen molar-refractivity contribution in [3.05, 3.63) is 0 Å². The largest absolute Gasteiger partial charge is 0.506 e. The molecule has 21 heavy (non-hydrogen) atoms. The van der Waals surface area contributed by atoms with Gasteiger partial charge in [0.05, 0.1) is 6.61 Å². The average Bonchev–Trinajstić information content (AvgIpc) is 2.47. The van der Waals surface area contributed by atoms with E-state index in [1.54, 1.807) is 0 Å². The summed E-state index contributed by atoms with van der Waals surface area (Å²) in [5.41, 5.74) is 0. The van der Waals surface area contributed by atoms with Crippen molar-refractivity contribution in [2.24, 2.45) is 0 Å². The van der Waals surface area contributed by atoms with E-state index in [0.29, 0.717) is 0 Å². The topological polar surface area (TPSA) is 205 Å². The van der Waals surface area contributed by atoms with Crippen LogP contribution < -0.4 is 0 Å². The van der Waals surface area contributed by atoms with Gasteiger partial charge in [0.15, 0.2) is 12.4 Å². The maximum Gasteiger partial charge on any atom is 0.506 e. The van der Waals surface area contributed by atoms with Gasteiger partial charge in [0.1, 0.15) is 36.6 Å². The van der Waals surface area contributed by atoms with Crippen LogP contribution in [-0.2, 0) is 9.53 Å². The second kappa shape index (κ2) is 8.84. The van der Waals surface area contributed by atoms with Crippen molar-refractivity contribution in [2.75, 3.05) is 6.61 Å². The van der Waals surface area contributed by atoms with Crippen LogP contribution in [0.15, 0.2) is 0 Å². The van der Waals surface area contributed by atoms with Crippen LogP contribution >= 0.6 is 0 Å². The molecule has 0 bridgehead atoms. The minimum Gasteiger partial charge on any atom is -0.450 e. The van der Waals surface area contributed by atoms with E-state index in [4.69, 9.17) is 15.3 Å². The van der Waals surface area contributed by atoms with Gasteiger partial charge >= 0.3 is 6.16 Å². The molecule has 0 heterocycles. The molecule has 11 nitrogen and oxygen atoms in total. The number of hydrogen-bond donors (Lipinski definition) is 8. The highest BCUT2D eigenvalue weighted by atomic mass is 16.7. The number of aldehydes is 1. The van der Waals surface area contributed by atoms with Crippen molar-refractivity contribution in [2.45, 2.75) is 42.7 Å². The summed E-state index contributed by atoms with van der Waals surface area (Å²) in [7, 11) is 0. The molecule has 0 spiro atoms. The van der Waals surface area contributed by atoms with Crippen molar-refractivity contribution in [1.29, 1.82) is 0 Å². The fourth-order valence-electron chi connectivity index (χ4n) is 1.43. The van der Waals surface area contributed by atoms with Crippen LogP contribution in [0.1, 0.15) is 0 Å². The highest BCUT2D eigenvalue weighted by Crippen LogP contribution is 2.14. The predicted molar refractivity (Wildman–Crippen MR) is 62.1 cm³/mol. The van der Waals surface area contributed by atoms with Crippen molar-refractivity contribution in [3.63, 3.8) is 0 Å². The van der Waals surface area contributed by atoms with Crippen LogP contribution in [0.4, 0.5) is 4.79 Å². The van der Waals surface area contributed by atoms with Crippen LogP contribution in [0, 0.1) is 0 Å². The number of rotatable bonds is 9. The summed E-state index contributed by atoms with van der Waals surface area (Å²) < 4.78 is 3.94. The van der Waals surface area contributed by atoms with E-state index < -0.39 is 55.5 Å². The van der Waals surface area contributed by atoms with Crippen LogP contribution in [0.25, 0.3) is 0 Å². The highest BCUT2D eigenvalue weighted by Gasteiger charge is 2.40. The molecule has 0 aliphatic carbocycles. The van der Waals surface area contributed by atoms with Gasteiger partial charge in [-0.05, 0) is 0 Å². The smallest absolute Gasteiger partial charge is 0.450 e. The van der Waals surface area contributed by atoms with Gasteiger partial charge in [-0.2, -0.15) is 0 Å². The molecule has 0 saturated carbocycles. The molecule has 0 aromatic rings. The lowest BCUT2D eigenvalue weighted by molar-refractivity contribution is -0.171. The first kappa shape index (κ1) is 19.7. The normalized spacial score (nSPS) is 21.5. The van der Waals surface area contributed by atoms with Crippen molar-refractivity contribution in [1.82, 2.24) is 0 Å². The predicted octanol–water partition coefficient (Wildman–Crippen LogP) is -4.59. The minimum atomic E-state index is -2.28. The summed E-state index contributed by atoms with van der Waals surface area (Å²) in [6.45, 7) is -0.956. The third kappa shape index (κ3) is 5.51. The van der Waals surface area contributed by atoms with Gasteiger partial charge in [-0.25, -0.2) is 4.79 Å². The van der Waals surface area contributed by atoms with E-state index in [1.807, 2.05) is 0 Å². The molecule has 0 aromatic carbocycles. The summed E-state index contributed by atoms with van der Waals surface area (Å²) in [6.07, 6.45) is -17.0. The SMILES string of the molecule is O=CC(OC(=O)O)C(O)C(O)C(O)C(O)C(O)C(O)CO. The maximum atomic E-state index is 10.5. The zero-order valence-electron chi connectivity index (χ0n) is 10.6. The first-order chi connectivity index (χ1) is 9.67. The number of aliphatic hydroxyl groups excluding tert-OH is 7. The molecule has 0 saturated heterocycles. The lowest BCUT2D eigenvalue weighted by Crippen LogP contribution is -2.55. The molecule has 11 heteroatoms. The van der Waals surface area contributed by atoms with Gasteiger partial charge in [0, 0.05) is 0 Å². The summed E-state index contributed by atoms with van der Waals surface area (Å²) in [5.74, 6) is 0. The molecule has 0 aliphatic rings. The van der Waals surface area contributed by atoms with Gasteiger partial charge in [-0.1, -0.05) is 0 Å². The summed E-state index contributed by atoms with van der Waals surface area (Å²) >= 11 is 0. The molecule has 0 aromatic heterocycles.